The Hall–Kier alpha value is -1.08. The Morgan fingerprint density at radius 1 is 1.47 bits per heavy atom. The van der Waals surface area contributed by atoms with Crippen LogP contribution in [0.2, 0.25) is 0 Å². The summed E-state index contributed by atoms with van der Waals surface area (Å²) in [6.45, 7) is 1.90. The molecule has 0 bridgehead atoms. The van der Waals surface area contributed by atoms with Gasteiger partial charge in [-0.05, 0) is 18.2 Å². The van der Waals surface area contributed by atoms with Crippen molar-refractivity contribution in [3.05, 3.63) is 18.2 Å². The van der Waals surface area contributed by atoms with Crippen molar-refractivity contribution in [1.29, 1.82) is 0 Å². The lowest BCUT2D eigenvalue weighted by atomic mass is 10.3. The number of benzene rings is 1. The van der Waals surface area contributed by atoms with Crippen molar-refractivity contribution in [3.8, 4) is 0 Å². The number of halogens is 1. The summed E-state index contributed by atoms with van der Waals surface area (Å²) >= 11 is 1.46. The molecule has 17 heavy (non-hydrogen) atoms. The Labute approximate surface area is 103 Å². The minimum Gasteiger partial charge on any atom is -0.325 e. The summed E-state index contributed by atoms with van der Waals surface area (Å²) in [4.78, 5) is 11.8. The highest BCUT2D eigenvalue weighted by atomic mass is 32.3. The number of amides is 1. The van der Waals surface area contributed by atoms with E-state index in [1.54, 1.807) is 0 Å². The normalized spacial score (nSPS) is 20.4. The highest BCUT2D eigenvalue weighted by Crippen LogP contribution is 2.36. The largest absolute Gasteiger partial charge is 0.332 e. The summed E-state index contributed by atoms with van der Waals surface area (Å²) in [5, 5.41) is 2.68. The van der Waals surface area contributed by atoms with Crippen LogP contribution in [0.3, 0.4) is 0 Å². The monoisotopic (exact) mass is 275 g/mol. The van der Waals surface area contributed by atoms with Crippen molar-refractivity contribution in [2.24, 2.45) is 0 Å². The number of carbonyl (C=O) groups excluding carboxylic acids is 1. The molecule has 2 rings (SSSR count). The lowest BCUT2D eigenvalue weighted by Crippen LogP contribution is -2.13. The van der Waals surface area contributed by atoms with Crippen LogP contribution in [0.15, 0.2) is 28.0 Å². The molecule has 0 saturated carbocycles. The van der Waals surface area contributed by atoms with Gasteiger partial charge >= 0.3 is 10.2 Å². The van der Waals surface area contributed by atoms with Crippen molar-refractivity contribution >= 4 is 33.6 Å². The molecule has 0 spiro atoms. The van der Waals surface area contributed by atoms with E-state index in [1.807, 2.05) is 6.92 Å². The number of hydrogen-bond acceptors (Lipinski definition) is 4. The van der Waals surface area contributed by atoms with Gasteiger partial charge in [-0.1, -0.05) is 6.92 Å². The third kappa shape index (κ3) is 2.78. The molecule has 0 aliphatic carbocycles. The molecular weight excluding hydrogens is 265 g/mol. The number of carbonyl (C=O) groups is 1. The Morgan fingerprint density at radius 2 is 2.18 bits per heavy atom. The molecule has 1 aliphatic heterocycles. The lowest BCUT2D eigenvalue weighted by Gasteiger charge is -2.07. The van der Waals surface area contributed by atoms with Gasteiger partial charge in [-0.15, -0.1) is 15.6 Å². The van der Waals surface area contributed by atoms with Crippen LogP contribution in [0, 0.1) is 0 Å². The van der Waals surface area contributed by atoms with E-state index in [1.165, 1.54) is 23.9 Å². The van der Waals surface area contributed by atoms with E-state index in [2.05, 4.69) is 5.32 Å². The fourth-order valence-corrected chi connectivity index (χ4v) is 3.12. The second kappa shape index (κ2) is 4.30. The van der Waals surface area contributed by atoms with Crippen LogP contribution < -0.4 is 5.32 Å². The molecule has 7 heteroatoms. The van der Waals surface area contributed by atoms with E-state index in [9.17, 15) is 17.1 Å². The zero-order valence-corrected chi connectivity index (χ0v) is 10.6. The van der Waals surface area contributed by atoms with Crippen molar-refractivity contribution in [2.45, 2.75) is 28.4 Å². The SMILES string of the molecule is CC1CC(=O)Nc2cc(S(=O)(=O)F)ccc2S1. The fourth-order valence-electron chi connectivity index (χ4n) is 1.58. The molecular formula is C10H10FNO3S2. The van der Waals surface area contributed by atoms with E-state index < -0.39 is 15.1 Å². The van der Waals surface area contributed by atoms with Gasteiger partial charge < -0.3 is 5.32 Å². The minimum absolute atomic E-state index is 0.101. The van der Waals surface area contributed by atoms with Crippen LogP contribution in [-0.2, 0) is 15.0 Å². The predicted molar refractivity (Wildman–Crippen MR) is 63.3 cm³/mol. The van der Waals surface area contributed by atoms with E-state index in [0.717, 1.165) is 11.0 Å². The molecule has 0 aromatic heterocycles. The summed E-state index contributed by atoms with van der Waals surface area (Å²) < 4.78 is 34.3. The zero-order valence-electron chi connectivity index (χ0n) is 8.94. The van der Waals surface area contributed by atoms with Gasteiger partial charge in [0, 0.05) is 16.6 Å². The topological polar surface area (TPSA) is 63.2 Å². The highest BCUT2D eigenvalue weighted by molar-refractivity contribution is 8.00. The predicted octanol–water partition coefficient (Wildman–Crippen LogP) is 2.17. The molecule has 0 fully saturated rings. The van der Waals surface area contributed by atoms with Gasteiger partial charge in [0.2, 0.25) is 5.91 Å². The van der Waals surface area contributed by atoms with Gasteiger partial charge in [0.1, 0.15) is 4.90 Å². The summed E-state index contributed by atoms with van der Waals surface area (Å²) in [7, 11) is -4.74. The number of anilines is 1. The van der Waals surface area contributed by atoms with Crippen molar-refractivity contribution in [3.63, 3.8) is 0 Å². The molecule has 92 valence electrons. The summed E-state index contributed by atoms with van der Waals surface area (Å²) in [5.74, 6) is -0.197. The average Bonchev–Trinajstić information content (AvgIpc) is 2.31. The van der Waals surface area contributed by atoms with E-state index in [-0.39, 0.29) is 11.2 Å². The van der Waals surface area contributed by atoms with Crippen LogP contribution in [0.25, 0.3) is 0 Å². The highest BCUT2D eigenvalue weighted by Gasteiger charge is 2.21. The molecule has 1 N–H and O–H groups in total. The van der Waals surface area contributed by atoms with Gasteiger partial charge in [0.25, 0.3) is 0 Å². The molecule has 1 aliphatic rings. The third-order valence-electron chi connectivity index (χ3n) is 2.31. The first-order valence-corrected chi connectivity index (χ1v) is 7.18. The van der Waals surface area contributed by atoms with Crippen LogP contribution in [0.1, 0.15) is 13.3 Å². The van der Waals surface area contributed by atoms with Crippen molar-refractivity contribution in [1.82, 2.24) is 0 Å². The molecule has 1 heterocycles. The summed E-state index contributed by atoms with van der Waals surface area (Å²) in [6.07, 6.45) is 0.344. The second-order valence-electron chi connectivity index (χ2n) is 3.78. The molecule has 1 amide bonds. The van der Waals surface area contributed by atoms with Gasteiger partial charge in [0.15, 0.2) is 0 Å². The van der Waals surface area contributed by atoms with Gasteiger partial charge in [0.05, 0.1) is 5.69 Å². The molecule has 1 unspecified atom stereocenters. The maximum absolute atomic E-state index is 12.8. The Bertz CT molecular complexity index is 571. The molecule has 0 saturated heterocycles. The molecule has 0 radical (unpaired) electrons. The minimum atomic E-state index is -4.74. The first kappa shape index (κ1) is 12.4. The standard InChI is InChI=1S/C10H10FNO3S2/c1-6-4-10(13)12-8-5-7(17(11,14)15)2-3-9(8)16-6/h2-3,5-6H,4H2,1H3,(H,12,13). The Morgan fingerprint density at radius 3 is 2.82 bits per heavy atom. The van der Waals surface area contributed by atoms with Crippen LogP contribution in [-0.4, -0.2) is 19.6 Å². The summed E-state index contributed by atoms with van der Waals surface area (Å²) in [6, 6.07) is 3.85. The number of thioether (sulfide) groups is 1. The van der Waals surface area contributed by atoms with Crippen LogP contribution >= 0.6 is 11.8 Å². The van der Waals surface area contributed by atoms with Crippen LogP contribution in [0.5, 0.6) is 0 Å². The van der Waals surface area contributed by atoms with Gasteiger partial charge in [-0.2, -0.15) is 8.42 Å². The molecule has 1 aromatic carbocycles. The van der Waals surface area contributed by atoms with Gasteiger partial charge in [-0.25, -0.2) is 0 Å². The number of hydrogen-bond donors (Lipinski definition) is 1. The van der Waals surface area contributed by atoms with Crippen LogP contribution in [0.4, 0.5) is 9.57 Å². The average molecular weight is 275 g/mol. The number of fused-ring (bicyclic) bond motifs is 1. The molecule has 4 nitrogen and oxygen atoms in total. The first-order chi connectivity index (χ1) is 7.86. The first-order valence-electron chi connectivity index (χ1n) is 4.91. The fraction of sp³-hybridized carbons (Fsp3) is 0.300. The Kier molecular flexibility index (Phi) is 3.13. The van der Waals surface area contributed by atoms with E-state index in [4.69, 9.17) is 0 Å². The summed E-state index contributed by atoms with van der Waals surface area (Å²) in [5.41, 5.74) is 0.350. The molecule has 1 aromatic rings. The molecule has 1 atom stereocenters. The third-order valence-corrected chi connectivity index (χ3v) is 4.30. The van der Waals surface area contributed by atoms with E-state index >= 15 is 0 Å². The quantitative estimate of drug-likeness (QED) is 0.798. The zero-order chi connectivity index (χ0) is 12.6. The van der Waals surface area contributed by atoms with Crippen molar-refractivity contribution in [2.75, 3.05) is 5.32 Å². The van der Waals surface area contributed by atoms with Crippen molar-refractivity contribution < 1.29 is 17.1 Å². The van der Waals surface area contributed by atoms with Gasteiger partial charge in [-0.3, -0.25) is 4.79 Å². The van der Waals surface area contributed by atoms with E-state index in [0.29, 0.717) is 12.1 Å². The lowest BCUT2D eigenvalue weighted by molar-refractivity contribution is -0.116. The smallest absolute Gasteiger partial charge is 0.325 e. The second-order valence-corrected chi connectivity index (χ2v) is 6.60. The number of nitrogens with one attached hydrogen (secondary N) is 1. The maximum Gasteiger partial charge on any atom is 0.332 e. The number of rotatable bonds is 1. The maximum atomic E-state index is 12.8. The Balaban J connectivity index is 2.49.